The second-order valence-electron chi connectivity index (χ2n) is 2.61. The van der Waals surface area contributed by atoms with Crippen LogP contribution in [-0.4, -0.2) is 16.1 Å². The van der Waals surface area contributed by atoms with Crippen LogP contribution in [0.5, 0.6) is 0 Å². The number of pyridine rings is 1. The lowest BCUT2D eigenvalue weighted by Gasteiger charge is -2.07. The molecule has 0 aliphatic rings. The second kappa shape index (κ2) is 5.02. The molecule has 7 heteroatoms. The maximum absolute atomic E-state index is 12.4. The van der Waals surface area contributed by atoms with E-state index in [1.807, 2.05) is 0 Å². The molecule has 82 valence electrons. The maximum Gasteiger partial charge on any atom is 0.355 e. The number of hydrogen-bond acceptors (Lipinski definition) is 2. The highest BCUT2D eigenvalue weighted by Crippen LogP contribution is 2.24. The van der Waals surface area contributed by atoms with Crippen LogP contribution in [0.15, 0.2) is 6.07 Å². The van der Waals surface area contributed by atoms with Gasteiger partial charge in [-0.2, -0.15) is 0 Å². The quantitative estimate of drug-likeness (QED) is 0.675. The van der Waals surface area contributed by atoms with Crippen LogP contribution in [0.4, 0.5) is 8.78 Å². The molecule has 0 aliphatic carbocycles. The summed E-state index contributed by atoms with van der Waals surface area (Å²) in [5.74, 6) is -1.37. The molecule has 0 radical (unpaired) electrons. The van der Waals surface area contributed by atoms with Crippen molar-refractivity contribution in [3.8, 4) is 0 Å². The fraction of sp³-hybridized carbons (Fsp3) is 0.250. The van der Waals surface area contributed by atoms with Gasteiger partial charge in [-0.05, 0) is 34.2 Å². The first-order chi connectivity index (χ1) is 6.97. The smallest absolute Gasteiger partial charge is 0.355 e. The fourth-order valence-corrected chi connectivity index (χ4v) is 2.09. The number of aromatic nitrogens is 1. The minimum atomic E-state index is -2.80. The number of alkyl halides is 3. The van der Waals surface area contributed by atoms with Gasteiger partial charge in [0, 0.05) is 5.88 Å². The summed E-state index contributed by atoms with van der Waals surface area (Å²) in [4.78, 5) is 14.1. The Morgan fingerprint density at radius 2 is 2.27 bits per heavy atom. The minimum Gasteiger partial charge on any atom is -0.476 e. The van der Waals surface area contributed by atoms with E-state index < -0.39 is 18.1 Å². The topological polar surface area (TPSA) is 50.2 Å². The van der Waals surface area contributed by atoms with Crippen LogP contribution in [0.2, 0.25) is 0 Å². The summed E-state index contributed by atoms with van der Waals surface area (Å²) in [6, 6.07) is 1.12. The summed E-state index contributed by atoms with van der Waals surface area (Å²) in [5, 5.41) is 8.74. The molecule has 1 aromatic rings. The number of nitrogens with zero attached hydrogens (tertiary/aromatic N) is 1. The summed E-state index contributed by atoms with van der Waals surface area (Å²) >= 11 is 7.24. The Bertz CT molecular complexity index is 400. The zero-order chi connectivity index (χ0) is 11.6. The molecule has 3 nitrogen and oxygen atoms in total. The van der Waals surface area contributed by atoms with Gasteiger partial charge in [-0.25, -0.2) is 18.6 Å². The molecule has 0 aromatic carbocycles. The highest BCUT2D eigenvalue weighted by Gasteiger charge is 2.19. The number of rotatable bonds is 3. The van der Waals surface area contributed by atoms with Gasteiger partial charge in [0.05, 0.1) is 3.57 Å². The van der Waals surface area contributed by atoms with Gasteiger partial charge in [-0.15, -0.1) is 11.6 Å². The van der Waals surface area contributed by atoms with Crippen molar-refractivity contribution in [2.45, 2.75) is 12.3 Å². The Morgan fingerprint density at radius 1 is 1.67 bits per heavy atom. The van der Waals surface area contributed by atoms with E-state index in [4.69, 9.17) is 16.7 Å². The Hall–Kier alpha value is -0.500. The van der Waals surface area contributed by atoms with E-state index >= 15 is 0 Å². The van der Waals surface area contributed by atoms with Crippen molar-refractivity contribution in [3.63, 3.8) is 0 Å². The molecule has 0 aliphatic heterocycles. The Kier molecular flexibility index (Phi) is 4.21. The van der Waals surface area contributed by atoms with Crippen LogP contribution in [0.3, 0.4) is 0 Å². The largest absolute Gasteiger partial charge is 0.476 e. The van der Waals surface area contributed by atoms with E-state index in [1.54, 1.807) is 22.6 Å². The highest BCUT2D eigenvalue weighted by atomic mass is 127. The fourth-order valence-electron chi connectivity index (χ4n) is 0.955. The number of aromatic carboxylic acids is 1. The Balaban J connectivity index is 3.38. The zero-order valence-electron chi connectivity index (χ0n) is 7.18. The van der Waals surface area contributed by atoms with Gasteiger partial charge >= 0.3 is 5.97 Å². The predicted molar refractivity (Wildman–Crippen MR) is 58.4 cm³/mol. The van der Waals surface area contributed by atoms with Crippen molar-refractivity contribution >= 4 is 40.2 Å². The molecule has 1 aromatic heterocycles. The van der Waals surface area contributed by atoms with Crippen LogP contribution < -0.4 is 0 Å². The summed E-state index contributed by atoms with van der Waals surface area (Å²) in [5.41, 5.74) is -0.604. The van der Waals surface area contributed by atoms with Crippen LogP contribution in [0, 0.1) is 3.57 Å². The van der Waals surface area contributed by atoms with Crippen LogP contribution in [0.1, 0.15) is 28.2 Å². The van der Waals surface area contributed by atoms with E-state index in [0.29, 0.717) is 9.13 Å². The average molecular weight is 347 g/mol. The SMILES string of the molecule is O=C(O)c1nc(C(F)F)cc(CCl)c1I. The van der Waals surface area contributed by atoms with Crippen molar-refractivity contribution in [1.82, 2.24) is 4.98 Å². The van der Waals surface area contributed by atoms with E-state index in [-0.39, 0.29) is 11.6 Å². The number of halogens is 4. The van der Waals surface area contributed by atoms with Crippen molar-refractivity contribution in [2.75, 3.05) is 0 Å². The van der Waals surface area contributed by atoms with Gasteiger partial charge in [0.1, 0.15) is 5.69 Å². The molecule has 15 heavy (non-hydrogen) atoms. The van der Waals surface area contributed by atoms with Gasteiger partial charge in [0.2, 0.25) is 0 Å². The number of carboxylic acids is 1. The molecule has 0 atom stereocenters. The lowest BCUT2D eigenvalue weighted by molar-refractivity contribution is 0.0687. The van der Waals surface area contributed by atoms with Crippen molar-refractivity contribution < 1.29 is 18.7 Å². The first kappa shape index (κ1) is 12.6. The molecule has 0 bridgehead atoms. The van der Waals surface area contributed by atoms with Crippen LogP contribution in [0.25, 0.3) is 0 Å². The zero-order valence-corrected chi connectivity index (χ0v) is 10.1. The van der Waals surface area contributed by atoms with Crippen molar-refractivity contribution in [2.24, 2.45) is 0 Å². The van der Waals surface area contributed by atoms with Crippen molar-refractivity contribution in [3.05, 3.63) is 26.6 Å². The van der Waals surface area contributed by atoms with Gasteiger partial charge in [-0.3, -0.25) is 0 Å². The van der Waals surface area contributed by atoms with Crippen LogP contribution >= 0.6 is 34.2 Å². The van der Waals surface area contributed by atoms with Crippen molar-refractivity contribution in [1.29, 1.82) is 0 Å². The molecule has 0 saturated carbocycles. The summed E-state index contributed by atoms with van der Waals surface area (Å²) in [7, 11) is 0. The normalized spacial score (nSPS) is 10.7. The molecule has 0 unspecified atom stereocenters. The third-order valence-electron chi connectivity index (χ3n) is 1.62. The molecule has 0 spiro atoms. The number of hydrogen-bond donors (Lipinski definition) is 1. The Labute approximate surface area is 103 Å². The molecule has 0 fully saturated rings. The summed E-state index contributed by atoms with van der Waals surface area (Å²) < 4.78 is 25.0. The third-order valence-corrected chi connectivity index (χ3v) is 3.11. The van der Waals surface area contributed by atoms with Gasteiger partial charge in [0.25, 0.3) is 6.43 Å². The molecule has 1 N–H and O–H groups in total. The first-order valence-corrected chi connectivity index (χ1v) is 5.35. The second-order valence-corrected chi connectivity index (χ2v) is 3.95. The first-order valence-electron chi connectivity index (χ1n) is 3.74. The number of carboxylic acid groups (broad SMARTS) is 1. The van der Waals surface area contributed by atoms with Gasteiger partial charge < -0.3 is 5.11 Å². The summed E-state index contributed by atoms with van der Waals surface area (Å²) in [6.07, 6.45) is -2.80. The Morgan fingerprint density at radius 3 is 2.67 bits per heavy atom. The third kappa shape index (κ3) is 2.75. The van der Waals surface area contributed by atoms with Gasteiger partial charge in [0.15, 0.2) is 5.69 Å². The molecular weight excluding hydrogens is 342 g/mol. The molecule has 0 amide bonds. The van der Waals surface area contributed by atoms with E-state index in [1.165, 1.54) is 0 Å². The summed E-state index contributed by atoms with van der Waals surface area (Å²) in [6.45, 7) is 0. The van der Waals surface area contributed by atoms with E-state index in [9.17, 15) is 13.6 Å². The molecule has 1 rings (SSSR count). The van der Waals surface area contributed by atoms with E-state index in [2.05, 4.69) is 4.98 Å². The van der Waals surface area contributed by atoms with Crippen LogP contribution in [-0.2, 0) is 5.88 Å². The molecule has 1 heterocycles. The standard InChI is InChI=1S/C8H5ClF2INO2/c9-2-3-1-4(7(10)11)13-6(5(3)12)8(14)15/h1,7H,2H2,(H,14,15). The van der Waals surface area contributed by atoms with Gasteiger partial charge in [-0.1, -0.05) is 0 Å². The molecular formula is C8H5ClF2INO2. The maximum atomic E-state index is 12.4. The van der Waals surface area contributed by atoms with E-state index in [0.717, 1.165) is 6.07 Å². The number of carbonyl (C=O) groups is 1. The highest BCUT2D eigenvalue weighted by molar-refractivity contribution is 14.1. The molecule has 0 saturated heterocycles. The predicted octanol–water partition coefficient (Wildman–Crippen LogP) is 3.06. The minimum absolute atomic E-state index is 0.0270. The monoisotopic (exact) mass is 347 g/mol. The average Bonchev–Trinajstić information content (AvgIpc) is 2.17. The lowest BCUT2D eigenvalue weighted by Crippen LogP contribution is -2.08. The lowest BCUT2D eigenvalue weighted by atomic mass is 10.2.